The number of nitrogens with two attached hydrogens (primary N) is 1. The van der Waals surface area contributed by atoms with Gasteiger partial charge in [0.2, 0.25) is 0 Å². The van der Waals surface area contributed by atoms with Crippen LogP contribution in [-0.4, -0.2) is 11.1 Å². The number of para-hydroxylation sites is 1. The molecule has 0 unspecified atom stereocenters. The second-order valence-corrected chi connectivity index (χ2v) is 1.89. The van der Waals surface area contributed by atoms with Crippen molar-refractivity contribution in [3.05, 3.63) is 29.8 Å². The standard InChI is InChI=1S/C7H7NO2.Ti/c8-6-4-2-1-3-5(6)7(9)10;/h1-4H,8H2,(H,9,10);. The van der Waals surface area contributed by atoms with Crippen LogP contribution in [0.1, 0.15) is 10.4 Å². The van der Waals surface area contributed by atoms with Gasteiger partial charge in [-0.05, 0) is 12.1 Å². The first-order valence-corrected chi connectivity index (χ1v) is 2.79. The molecule has 0 radical (unpaired) electrons. The van der Waals surface area contributed by atoms with Crippen LogP contribution in [0.2, 0.25) is 0 Å². The maximum Gasteiger partial charge on any atom is 0.337 e. The van der Waals surface area contributed by atoms with E-state index in [1.54, 1.807) is 18.2 Å². The van der Waals surface area contributed by atoms with Gasteiger partial charge in [0.1, 0.15) is 0 Å². The van der Waals surface area contributed by atoms with Crippen molar-refractivity contribution in [3.8, 4) is 0 Å². The fourth-order valence-electron chi connectivity index (χ4n) is 0.692. The van der Waals surface area contributed by atoms with Crippen molar-refractivity contribution in [1.82, 2.24) is 0 Å². The second-order valence-electron chi connectivity index (χ2n) is 1.89. The predicted molar refractivity (Wildman–Crippen MR) is 37.8 cm³/mol. The van der Waals surface area contributed by atoms with Gasteiger partial charge in [0, 0.05) is 27.4 Å². The van der Waals surface area contributed by atoms with Crippen molar-refractivity contribution >= 4 is 11.7 Å². The Labute approximate surface area is 79.1 Å². The Morgan fingerprint density at radius 2 is 1.91 bits per heavy atom. The van der Waals surface area contributed by atoms with Crippen molar-refractivity contribution in [2.75, 3.05) is 5.73 Å². The molecule has 0 aliphatic heterocycles. The number of carboxylic acid groups (broad SMARTS) is 1. The molecule has 0 amide bonds. The summed E-state index contributed by atoms with van der Waals surface area (Å²) in [6.45, 7) is 0. The van der Waals surface area contributed by atoms with Gasteiger partial charge < -0.3 is 10.8 Å². The molecule has 1 aromatic carbocycles. The van der Waals surface area contributed by atoms with E-state index in [0.29, 0.717) is 5.69 Å². The number of anilines is 1. The molecule has 0 spiro atoms. The van der Waals surface area contributed by atoms with Crippen LogP contribution >= 0.6 is 0 Å². The van der Waals surface area contributed by atoms with Crippen LogP contribution in [0.3, 0.4) is 0 Å². The Bertz CT molecular complexity index is 262. The van der Waals surface area contributed by atoms with Crippen LogP contribution in [0.5, 0.6) is 0 Å². The number of rotatable bonds is 1. The van der Waals surface area contributed by atoms with E-state index in [2.05, 4.69) is 0 Å². The second kappa shape index (κ2) is 4.16. The SMILES string of the molecule is Nc1ccccc1C(=O)O.[Ti]. The van der Waals surface area contributed by atoms with Crippen LogP contribution < -0.4 is 5.73 Å². The van der Waals surface area contributed by atoms with E-state index in [9.17, 15) is 4.79 Å². The Balaban J connectivity index is 0.000001000. The molecular weight excluding hydrogens is 178 g/mol. The first-order valence-electron chi connectivity index (χ1n) is 2.79. The van der Waals surface area contributed by atoms with Crippen LogP contribution in [0.4, 0.5) is 5.69 Å². The van der Waals surface area contributed by atoms with Gasteiger partial charge >= 0.3 is 5.97 Å². The van der Waals surface area contributed by atoms with Crippen LogP contribution in [0.15, 0.2) is 24.3 Å². The smallest absolute Gasteiger partial charge is 0.337 e. The number of carboxylic acids is 1. The van der Waals surface area contributed by atoms with Crippen molar-refractivity contribution < 1.29 is 31.6 Å². The molecule has 4 heteroatoms. The zero-order chi connectivity index (χ0) is 7.56. The van der Waals surface area contributed by atoms with Gasteiger partial charge in [0.15, 0.2) is 0 Å². The minimum atomic E-state index is -0.988. The maximum absolute atomic E-state index is 10.3. The Kier molecular flexibility index (Phi) is 3.86. The molecule has 0 saturated heterocycles. The third-order valence-corrected chi connectivity index (χ3v) is 1.19. The molecule has 0 heterocycles. The minimum Gasteiger partial charge on any atom is -0.478 e. The predicted octanol–water partition coefficient (Wildman–Crippen LogP) is 0.965. The monoisotopic (exact) mass is 185 g/mol. The topological polar surface area (TPSA) is 63.3 Å². The zero-order valence-electron chi connectivity index (χ0n) is 5.74. The summed E-state index contributed by atoms with van der Waals surface area (Å²) in [5.74, 6) is -0.988. The molecule has 11 heavy (non-hydrogen) atoms. The summed E-state index contributed by atoms with van der Waals surface area (Å²) >= 11 is 0. The molecule has 0 fully saturated rings. The molecule has 0 bridgehead atoms. The van der Waals surface area contributed by atoms with E-state index in [-0.39, 0.29) is 27.3 Å². The quantitative estimate of drug-likeness (QED) is 0.505. The molecule has 56 valence electrons. The molecule has 0 aliphatic rings. The number of hydrogen-bond acceptors (Lipinski definition) is 2. The summed E-state index contributed by atoms with van der Waals surface area (Å²) in [5, 5.41) is 8.49. The van der Waals surface area contributed by atoms with Gasteiger partial charge in [-0.25, -0.2) is 4.79 Å². The average molecular weight is 185 g/mol. The first kappa shape index (κ1) is 10.2. The molecule has 1 aromatic rings. The first-order chi connectivity index (χ1) is 4.72. The maximum atomic E-state index is 10.3. The van der Waals surface area contributed by atoms with Crippen molar-refractivity contribution in [2.45, 2.75) is 0 Å². The Morgan fingerprint density at radius 1 is 1.36 bits per heavy atom. The van der Waals surface area contributed by atoms with Crippen molar-refractivity contribution in [3.63, 3.8) is 0 Å². The molecule has 0 aliphatic carbocycles. The molecular formula is C7H7NO2Ti. The molecule has 1 rings (SSSR count). The van der Waals surface area contributed by atoms with E-state index in [4.69, 9.17) is 10.8 Å². The van der Waals surface area contributed by atoms with E-state index >= 15 is 0 Å². The summed E-state index contributed by atoms with van der Waals surface area (Å²) in [6, 6.07) is 6.36. The average Bonchev–Trinajstić information content (AvgIpc) is 1.88. The largest absolute Gasteiger partial charge is 0.478 e. The third kappa shape index (κ3) is 2.37. The number of aromatic carboxylic acids is 1. The zero-order valence-corrected chi connectivity index (χ0v) is 7.30. The molecule has 0 saturated carbocycles. The van der Waals surface area contributed by atoms with E-state index in [1.165, 1.54) is 6.07 Å². The summed E-state index contributed by atoms with van der Waals surface area (Å²) in [7, 11) is 0. The third-order valence-electron chi connectivity index (χ3n) is 1.19. The Morgan fingerprint density at radius 3 is 2.27 bits per heavy atom. The summed E-state index contributed by atoms with van der Waals surface area (Å²) < 4.78 is 0. The van der Waals surface area contributed by atoms with Crippen molar-refractivity contribution in [2.24, 2.45) is 0 Å². The molecule has 0 atom stereocenters. The summed E-state index contributed by atoms with van der Waals surface area (Å²) in [6.07, 6.45) is 0. The van der Waals surface area contributed by atoms with Crippen LogP contribution in [0, 0.1) is 0 Å². The number of nitrogen functional groups attached to an aromatic ring is 1. The molecule has 0 aromatic heterocycles. The number of benzene rings is 1. The van der Waals surface area contributed by atoms with E-state index < -0.39 is 5.97 Å². The fourth-order valence-corrected chi connectivity index (χ4v) is 0.692. The van der Waals surface area contributed by atoms with Gasteiger partial charge in [-0.3, -0.25) is 0 Å². The summed E-state index contributed by atoms with van der Waals surface area (Å²) in [4.78, 5) is 10.3. The van der Waals surface area contributed by atoms with E-state index in [0.717, 1.165) is 0 Å². The van der Waals surface area contributed by atoms with Gasteiger partial charge in [-0.15, -0.1) is 0 Å². The molecule has 3 nitrogen and oxygen atoms in total. The van der Waals surface area contributed by atoms with Gasteiger partial charge in [-0.1, -0.05) is 12.1 Å². The van der Waals surface area contributed by atoms with E-state index in [1.807, 2.05) is 0 Å². The van der Waals surface area contributed by atoms with Crippen LogP contribution in [0.25, 0.3) is 0 Å². The normalized spacial score (nSPS) is 8.36. The van der Waals surface area contributed by atoms with Gasteiger partial charge in [-0.2, -0.15) is 0 Å². The van der Waals surface area contributed by atoms with Crippen LogP contribution in [-0.2, 0) is 21.7 Å². The summed E-state index contributed by atoms with van der Waals surface area (Å²) in [5.41, 5.74) is 5.80. The minimum absolute atomic E-state index is 0. The van der Waals surface area contributed by atoms with Crippen molar-refractivity contribution in [1.29, 1.82) is 0 Å². The Hall–Kier alpha value is -0.796. The fraction of sp³-hybridized carbons (Fsp3) is 0. The molecule has 3 N–H and O–H groups in total. The number of hydrogen-bond donors (Lipinski definition) is 2. The number of carbonyl (C=O) groups is 1. The van der Waals surface area contributed by atoms with Gasteiger partial charge in [0.25, 0.3) is 0 Å². The van der Waals surface area contributed by atoms with Gasteiger partial charge in [0.05, 0.1) is 5.56 Å².